The number of fused-ring (bicyclic) bond motifs is 1. The zero-order valence-electron chi connectivity index (χ0n) is 16.4. The number of carbonyl (C=O) groups excluding carboxylic acids is 1. The third kappa shape index (κ3) is 3.00. The Morgan fingerprint density at radius 3 is 2.47 bits per heavy atom. The molecule has 0 saturated carbocycles. The molecule has 5 heteroatoms. The van der Waals surface area contributed by atoms with Crippen molar-refractivity contribution < 1.29 is 4.79 Å². The maximum Gasteiger partial charge on any atom is 0.211 e. The monoisotopic (exact) mass is 409 g/mol. The van der Waals surface area contributed by atoms with E-state index in [4.69, 9.17) is 10.7 Å². The van der Waals surface area contributed by atoms with Crippen LogP contribution in [0.2, 0.25) is 0 Å². The lowest BCUT2D eigenvalue weighted by Gasteiger charge is -2.04. The summed E-state index contributed by atoms with van der Waals surface area (Å²) in [6.07, 6.45) is 1.88. The van der Waals surface area contributed by atoms with Crippen LogP contribution in [0.4, 0.5) is 5.69 Å². The summed E-state index contributed by atoms with van der Waals surface area (Å²) in [4.78, 5) is 18.2. The fraction of sp³-hybridized carbons (Fsp3) is 0.0400. The van der Waals surface area contributed by atoms with Gasteiger partial charge in [0.25, 0.3) is 0 Å². The van der Waals surface area contributed by atoms with Crippen LogP contribution >= 0.6 is 11.3 Å². The highest BCUT2D eigenvalue weighted by Gasteiger charge is 2.24. The summed E-state index contributed by atoms with van der Waals surface area (Å²) in [5.41, 5.74) is 12.9. The van der Waals surface area contributed by atoms with Gasteiger partial charge in [0, 0.05) is 22.7 Å². The number of aryl methyl sites for hydroxylation is 1. The van der Waals surface area contributed by atoms with Crippen molar-refractivity contribution in [1.29, 1.82) is 0 Å². The van der Waals surface area contributed by atoms with Gasteiger partial charge in [0.05, 0.1) is 22.5 Å². The second-order valence-corrected chi connectivity index (χ2v) is 8.05. The van der Waals surface area contributed by atoms with Gasteiger partial charge in [0.15, 0.2) is 0 Å². The lowest BCUT2D eigenvalue weighted by molar-refractivity contribution is 0.103. The summed E-state index contributed by atoms with van der Waals surface area (Å²) in [7, 11) is 0. The van der Waals surface area contributed by atoms with Gasteiger partial charge in [-0.3, -0.25) is 4.79 Å². The largest absolute Gasteiger partial charge is 0.396 e. The summed E-state index contributed by atoms with van der Waals surface area (Å²) >= 11 is 1.53. The molecule has 3 heterocycles. The number of pyridine rings is 1. The Kier molecular flexibility index (Phi) is 4.45. The Morgan fingerprint density at radius 2 is 1.70 bits per heavy atom. The molecule has 0 fully saturated rings. The van der Waals surface area contributed by atoms with Crippen LogP contribution in [0.15, 0.2) is 84.4 Å². The van der Waals surface area contributed by atoms with E-state index in [1.54, 1.807) is 0 Å². The number of carbonyl (C=O) groups is 1. The number of aromatic nitrogens is 2. The van der Waals surface area contributed by atoms with Crippen molar-refractivity contribution >= 4 is 28.3 Å². The van der Waals surface area contributed by atoms with E-state index >= 15 is 0 Å². The van der Waals surface area contributed by atoms with E-state index in [1.807, 2.05) is 95.7 Å². The Bertz CT molecular complexity index is 1370. The van der Waals surface area contributed by atoms with E-state index in [-0.39, 0.29) is 5.78 Å². The van der Waals surface area contributed by atoms with Gasteiger partial charge in [-0.15, -0.1) is 11.3 Å². The minimum absolute atomic E-state index is 0.0974. The molecule has 0 unspecified atom stereocenters. The van der Waals surface area contributed by atoms with Gasteiger partial charge in [0.1, 0.15) is 10.7 Å². The number of hydrogen-bond acceptors (Lipinski definition) is 4. The molecule has 0 aliphatic rings. The van der Waals surface area contributed by atoms with E-state index in [0.29, 0.717) is 16.9 Å². The standard InChI is InChI=1S/C25H19N3OS/c1-16-10-12-18(13-11-16)24(29)23-22(26)21(20-9-5-6-14-28(20)23)25-27-19(15-30-25)17-7-3-2-4-8-17/h2-15H,26H2,1H3. The molecule has 5 aromatic rings. The second-order valence-electron chi connectivity index (χ2n) is 7.19. The molecule has 0 aliphatic carbocycles. The zero-order chi connectivity index (χ0) is 20.7. The zero-order valence-corrected chi connectivity index (χ0v) is 17.2. The van der Waals surface area contributed by atoms with Gasteiger partial charge in [-0.25, -0.2) is 4.98 Å². The molecule has 2 N–H and O–H groups in total. The van der Waals surface area contributed by atoms with Crippen LogP contribution in [-0.2, 0) is 0 Å². The lowest BCUT2D eigenvalue weighted by atomic mass is 10.1. The van der Waals surface area contributed by atoms with Crippen LogP contribution in [0.3, 0.4) is 0 Å². The van der Waals surface area contributed by atoms with Gasteiger partial charge in [-0.05, 0) is 19.1 Å². The van der Waals surface area contributed by atoms with E-state index in [1.165, 1.54) is 11.3 Å². The Labute approximate surface area is 178 Å². The fourth-order valence-electron chi connectivity index (χ4n) is 3.66. The first kappa shape index (κ1) is 18.3. The maximum atomic E-state index is 13.3. The summed E-state index contributed by atoms with van der Waals surface area (Å²) in [5, 5.41) is 2.83. The van der Waals surface area contributed by atoms with E-state index < -0.39 is 0 Å². The third-order valence-electron chi connectivity index (χ3n) is 5.20. The molecule has 3 aromatic heterocycles. The molecule has 0 bridgehead atoms. The first-order valence-electron chi connectivity index (χ1n) is 9.64. The number of anilines is 1. The smallest absolute Gasteiger partial charge is 0.211 e. The number of nitrogen functional groups attached to an aromatic ring is 1. The molecular weight excluding hydrogens is 390 g/mol. The molecule has 146 valence electrons. The third-order valence-corrected chi connectivity index (χ3v) is 6.06. The molecule has 30 heavy (non-hydrogen) atoms. The van der Waals surface area contributed by atoms with E-state index in [9.17, 15) is 4.79 Å². The van der Waals surface area contributed by atoms with Crippen LogP contribution in [0.5, 0.6) is 0 Å². The van der Waals surface area contributed by atoms with Crippen molar-refractivity contribution in [3.8, 4) is 21.8 Å². The van der Waals surface area contributed by atoms with Crippen molar-refractivity contribution in [2.45, 2.75) is 6.92 Å². The van der Waals surface area contributed by atoms with Crippen LogP contribution in [0.25, 0.3) is 27.3 Å². The first-order valence-corrected chi connectivity index (χ1v) is 10.5. The Hall–Kier alpha value is -3.70. The van der Waals surface area contributed by atoms with Crippen molar-refractivity contribution in [3.63, 3.8) is 0 Å². The van der Waals surface area contributed by atoms with Crippen LogP contribution in [-0.4, -0.2) is 15.2 Å². The highest BCUT2D eigenvalue weighted by Crippen LogP contribution is 2.39. The van der Waals surface area contributed by atoms with Crippen molar-refractivity contribution in [2.24, 2.45) is 0 Å². The Morgan fingerprint density at radius 1 is 0.967 bits per heavy atom. The van der Waals surface area contributed by atoms with Crippen molar-refractivity contribution in [1.82, 2.24) is 9.38 Å². The number of rotatable bonds is 4. The average molecular weight is 410 g/mol. The summed E-state index contributed by atoms with van der Waals surface area (Å²) < 4.78 is 1.87. The van der Waals surface area contributed by atoms with E-state index in [2.05, 4.69) is 0 Å². The van der Waals surface area contributed by atoms with Crippen molar-refractivity contribution in [2.75, 3.05) is 5.73 Å². The highest BCUT2D eigenvalue weighted by atomic mass is 32.1. The highest BCUT2D eigenvalue weighted by molar-refractivity contribution is 7.13. The average Bonchev–Trinajstić information content (AvgIpc) is 3.36. The van der Waals surface area contributed by atoms with Gasteiger partial charge >= 0.3 is 0 Å². The molecule has 0 aliphatic heterocycles. The lowest BCUT2D eigenvalue weighted by Crippen LogP contribution is -2.08. The molecule has 0 atom stereocenters. The van der Waals surface area contributed by atoms with E-state index in [0.717, 1.165) is 32.9 Å². The molecule has 4 nitrogen and oxygen atoms in total. The normalized spacial score (nSPS) is 11.1. The summed E-state index contributed by atoms with van der Waals surface area (Å²) in [6.45, 7) is 2.00. The number of ketones is 1. The van der Waals surface area contributed by atoms with Gasteiger partial charge in [-0.2, -0.15) is 0 Å². The molecule has 0 spiro atoms. The SMILES string of the molecule is Cc1ccc(C(=O)c2c(N)c(-c3nc(-c4ccccc4)cs3)c3ccccn23)cc1. The van der Waals surface area contributed by atoms with Crippen molar-refractivity contribution in [3.05, 3.63) is 101 Å². The van der Waals surface area contributed by atoms with Crippen LogP contribution in [0, 0.1) is 6.92 Å². The van der Waals surface area contributed by atoms with Crippen LogP contribution in [0.1, 0.15) is 21.6 Å². The topological polar surface area (TPSA) is 60.4 Å². The number of thiazole rings is 1. The first-order chi connectivity index (χ1) is 14.6. The fourth-order valence-corrected chi connectivity index (χ4v) is 4.55. The molecular formula is C25H19N3OS. The molecule has 0 radical (unpaired) electrons. The number of benzene rings is 2. The number of nitrogens with zero attached hydrogens (tertiary/aromatic N) is 2. The number of hydrogen-bond donors (Lipinski definition) is 1. The summed E-state index contributed by atoms with van der Waals surface area (Å²) in [6, 6.07) is 23.4. The molecule has 5 rings (SSSR count). The quantitative estimate of drug-likeness (QED) is 0.379. The predicted molar refractivity (Wildman–Crippen MR) is 123 cm³/mol. The molecule has 0 saturated heterocycles. The van der Waals surface area contributed by atoms with Crippen LogP contribution < -0.4 is 5.73 Å². The predicted octanol–water partition coefficient (Wildman–Crippen LogP) is 5.85. The molecule has 2 aromatic carbocycles. The summed E-state index contributed by atoms with van der Waals surface area (Å²) in [5.74, 6) is -0.0974. The second kappa shape index (κ2) is 7.28. The number of nitrogens with two attached hydrogens (primary N) is 1. The molecule has 0 amide bonds. The minimum atomic E-state index is -0.0974. The maximum absolute atomic E-state index is 13.3. The van der Waals surface area contributed by atoms with Gasteiger partial charge < -0.3 is 10.1 Å². The van der Waals surface area contributed by atoms with Gasteiger partial charge in [0.2, 0.25) is 5.78 Å². The van der Waals surface area contributed by atoms with Gasteiger partial charge in [-0.1, -0.05) is 66.2 Å². The minimum Gasteiger partial charge on any atom is -0.396 e. The Balaban J connectivity index is 1.68.